The van der Waals surface area contributed by atoms with E-state index in [2.05, 4.69) is 69.3 Å². The van der Waals surface area contributed by atoms with Crippen LogP contribution >= 0.6 is 22.6 Å². The summed E-state index contributed by atoms with van der Waals surface area (Å²) in [6.07, 6.45) is 4.26. The number of hydrogen-bond acceptors (Lipinski definition) is 2. The molecule has 1 heterocycles. The zero-order valence-corrected chi connectivity index (χ0v) is 9.36. The highest BCUT2D eigenvalue weighted by molar-refractivity contribution is 14.1. The standard InChI is InChI=1S/C10H11IN2/c11-9-3-1-4-10(7-9)13-6-2-5-12-8-13/h1-4,6-7,12H,5,8H2. The number of hydrogen-bond donors (Lipinski definition) is 1. The molecule has 0 spiro atoms. The van der Waals surface area contributed by atoms with Gasteiger partial charge in [0, 0.05) is 22.0 Å². The van der Waals surface area contributed by atoms with Crippen LogP contribution in [0.2, 0.25) is 0 Å². The fourth-order valence-electron chi connectivity index (χ4n) is 1.33. The van der Waals surface area contributed by atoms with E-state index in [1.165, 1.54) is 9.26 Å². The van der Waals surface area contributed by atoms with Crippen LogP contribution in [0.25, 0.3) is 0 Å². The Morgan fingerprint density at radius 1 is 1.38 bits per heavy atom. The second-order valence-electron chi connectivity index (χ2n) is 2.95. The van der Waals surface area contributed by atoms with Crippen molar-refractivity contribution in [1.82, 2.24) is 5.32 Å². The van der Waals surface area contributed by atoms with Crippen molar-refractivity contribution in [3.8, 4) is 0 Å². The van der Waals surface area contributed by atoms with Crippen LogP contribution in [0.1, 0.15) is 0 Å². The van der Waals surface area contributed by atoms with E-state index in [9.17, 15) is 0 Å². The number of benzene rings is 1. The van der Waals surface area contributed by atoms with Gasteiger partial charge in [-0.2, -0.15) is 0 Å². The molecule has 68 valence electrons. The van der Waals surface area contributed by atoms with Crippen molar-refractivity contribution in [1.29, 1.82) is 0 Å². The highest BCUT2D eigenvalue weighted by atomic mass is 127. The summed E-state index contributed by atoms with van der Waals surface area (Å²) in [4.78, 5) is 2.20. The number of anilines is 1. The van der Waals surface area contributed by atoms with Gasteiger partial charge in [0.15, 0.2) is 0 Å². The molecule has 0 atom stereocenters. The van der Waals surface area contributed by atoms with E-state index < -0.39 is 0 Å². The Bertz CT molecular complexity index is 322. The Morgan fingerprint density at radius 2 is 2.31 bits per heavy atom. The second-order valence-corrected chi connectivity index (χ2v) is 4.19. The van der Waals surface area contributed by atoms with Crippen LogP contribution in [-0.2, 0) is 0 Å². The molecular weight excluding hydrogens is 275 g/mol. The maximum atomic E-state index is 3.29. The van der Waals surface area contributed by atoms with E-state index in [1.54, 1.807) is 0 Å². The van der Waals surface area contributed by atoms with Crippen LogP contribution in [0.5, 0.6) is 0 Å². The van der Waals surface area contributed by atoms with Gasteiger partial charge in [0.1, 0.15) is 0 Å². The van der Waals surface area contributed by atoms with Gasteiger partial charge in [-0.15, -0.1) is 0 Å². The summed E-state index contributed by atoms with van der Waals surface area (Å²) in [6, 6.07) is 8.49. The van der Waals surface area contributed by atoms with Crippen molar-refractivity contribution in [2.45, 2.75) is 0 Å². The zero-order chi connectivity index (χ0) is 9.10. The van der Waals surface area contributed by atoms with E-state index in [-0.39, 0.29) is 0 Å². The van der Waals surface area contributed by atoms with E-state index in [1.807, 2.05) is 0 Å². The van der Waals surface area contributed by atoms with Crippen molar-refractivity contribution in [3.63, 3.8) is 0 Å². The molecule has 0 radical (unpaired) electrons. The molecule has 0 aromatic heterocycles. The Morgan fingerprint density at radius 3 is 3.00 bits per heavy atom. The Balaban J connectivity index is 2.24. The molecule has 1 aromatic carbocycles. The molecule has 3 heteroatoms. The molecule has 13 heavy (non-hydrogen) atoms. The summed E-state index contributed by atoms with van der Waals surface area (Å²) in [6.45, 7) is 1.87. The molecule has 0 fully saturated rings. The van der Waals surface area contributed by atoms with Gasteiger partial charge in [-0.3, -0.25) is 5.32 Å². The van der Waals surface area contributed by atoms with Crippen LogP contribution in [-0.4, -0.2) is 13.2 Å². The van der Waals surface area contributed by atoms with Gasteiger partial charge >= 0.3 is 0 Å². The maximum absolute atomic E-state index is 3.29. The SMILES string of the molecule is Ic1cccc(N2C=CCNC2)c1. The predicted octanol–water partition coefficient (Wildman–Crippen LogP) is 2.17. The predicted molar refractivity (Wildman–Crippen MR) is 63.6 cm³/mol. The average molecular weight is 286 g/mol. The van der Waals surface area contributed by atoms with Crippen LogP contribution in [0, 0.1) is 3.57 Å². The van der Waals surface area contributed by atoms with Crippen LogP contribution < -0.4 is 10.2 Å². The summed E-state index contributed by atoms with van der Waals surface area (Å²) in [5.74, 6) is 0. The Kier molecular flexibility index (Phi) is 2.85. The molecule has 1 aromatic rings. The minimum atomic E-state index is 0.899. The van der Waals surface area contributed by atoms with Gasteiger partial charge in [0.05, 0.1) is 6.67 Å². The molecule has 1 N–H and O–H groups in total. The highest BCUT2D eigenvalue weighted by Gasteiger charge is 2.04. The summed E-state index contributed by atoms with van der Waals surface area (Å²) in [5.41, 5.74) is 1.25. The molecule has 0 amide bonds. The number of nitrogens with one attached hydrogen (secondary N) is 1. The first kappa shape index (κ1) is 9.02. The van der Waals surface area contributed by atoms with Crippen LogP contribution in [0.4, 0.5) is 5.69 Å². The molecule has 0 saturated carbocycles. The first-order chi connectivity index (χ1) is 6.36. The molecule has 0 unspecified atom stereocenters. The molecule has 0 aliphatic carbocycles. The van der Waals surface area contributed by atoms with Gasteiger partial charge in [-0.25, -0.2) is 0 Å². The second kappa shape index (κ2) is 4.11. The fourth-order valence-corrected chi connectivity index (χ4v) is 1.86. The third-order valence-electron chi connectivity index (χ3n) is 1.97. The topological polar surface area (TPSA) is 15.3 Å². The minimum absolute atomic E-state index is 0.899. The van der Waals surface area contributed by atoms with Crippen molar-refractivity contribution in [2.24, 2.45) is 0 Å². The van der Waals surface area contributed by atoms with Gasteiger partial charge < -0.3 is 4.90 Å². The van der Waals surface area contributed by atoms with Crippen molar-refractivity contribution in [3.05, 3.63) is 40.1 Å². The molecule has 2 rings (SSSR count). The number of rotatable bonds is 1. The summed E-state index contributed by atoms with van der Waals surface area (Å²) in [5, 5.41) is 3.29. The van der Waals surface area contributed by atoms with Gasteiger partial charge in [-0.1, -0.05) is 12.1 Å². The van der Waals surface area contributed by atoms with E-state index in [4.69, 9.17) is 0 Å². The van der Waals surface area contributed by atoms with E-state index in [0.717, 1.165) is 13.2 Å². The van der Waals surface area contributed by atoms with Crippen LogP contribution in [0.3, 0.4) is 0 Å². The lowest BCUT2D eigenvalue weighted by molar-refractivity contribution is 0.722. The lowest BCUT2D eigenvalue weighted by Gasteiger charge is -2.24. The molecule has 0 bridgehead atoms. The third kappa shape index (κ3) is 2.22. The normalized spacial score (nSPS) is 16.2. The van der Waals surface area contributed by atoms with Crippen molar-refractivity contribution < 1.29 is 0 Å². The van der Waals surface area contributed by atoms with Crippen molar-refractivity contribution >= 4 is 28.3 Å². The summed E-state index contributed by atoms with van der Waals surface area (Å²) in [7, 11) is 0. The monoisotopic (exact) mass is 286 g/mol. The average Bonchev–Trinajstić information content (AvgIpc) is 2.19. The summed E-state index contributed by atoms with van der Waals surface area (Å²) < 4.78 is 1.27. The van der Waals surface area contributed by atoms with Crippen LogP contribution in [0.15, 0.2) is 36.5 Å². The van der Waals surface area contributed by atoms with Crippen molar-refractivity contribution in [2.75, 3.05) is 18.1 Å². The smallest absolute Gasteiger partial charge is 0.0728 e. The lowest BCUT2D eigenvalue weighted by atomic mass is 10.3. The first-order valence-corrected chi connectivity index (χ1v) is 5.34. The molecule has 1 aliphatic heterocycles. The zero-order valence-electron chi connectivity index (χ0n) is 7.20. The highest BCUT2D eigenvalue weighted by Crippen LogP contribution is 2.17. The largest absolute Gasteiger partial charge is 0.335 e. The number of nitrogens with zero attached hydrogens (tertiary/aromatic N) is 1. The maximum Gasteiger partial charge on any atom is 0.0728 e. The third-order valence-corrected chi connectivity index (χ3v) is 2.64. The minimum Gasteiger partial charge on any atom is -0.335 e. The lowest BCUT2D eigenvalue weighted by Crippen LogP contribution is -2.34. The van der Waals surface area contributed by atoms with Gasteiger partial charge in [-0.05, 0) is 40.8 Å². The fraction of sp³-hybridized carbons (Fsp3) is 0.200. The molecule has 0 saturated heterocycles. The van der Waals surface area contributed by atoms with Gasteiger partial charge in [0.25, 0.3) is 0 Å². The molecule has 1 aliphatic rings. The van der Waals surface area contributed by atoms with E-state index >= 15 is 0 Å². The molecule has 2 nitrogen and oxygen atoms in total. The summed E-state index contributed by atoms with van der Waals surface area (Å²) >= 11 is 2.33. The number of halogens is 1. The first-order valence-electron chi connectivity index (χ1n) is 4.26. The molecular formula is C10H11IN2. The Labute approximate surface area is 91.8 Å². The van der Waals surface area contributed by atoms with E-state index in [0.29, 0.717) is 0 Å². The van der Waals surface area contributed by atoms with Gasteiger partial charge in [0.2, 0.25) is 0 Å². The Hall–Kier alpha value is -0.550. The quantitative estimate of drug-likeness (QED) is 0.796.